The van der Waals surface area contributed by atoms with Gasteiger partial charge in [0.05, 0.1) is 31.0 Å². The van der Waals surface area contributed by atoms with Crippen molar-refractivity contribution in [3.05, 3.63) is 11.6 Å². The van der Waals surface area contributed by atoms with Crippen molar-refractivity contribution in [3.8, 4) is 0 Å². The van der Waals surface area contributed by atoms with Crippen LogP contribution in [0.15, 0.2) is 11.6 Å². The fourth-order valence-corrected chi connectivity index (χ4v) is 9.24. The van der Waals surface area contributed by atoms with Gasteiger partial charge in [-0.15, -0.1) is 0 Å². The van der Waals surface area contributed by atoms with Gasteiger partial charge in [0.2, 0.25) is 0 Å². The maximum Gasteiger partial charge on any atom is 0.181 e. The number of rotatable bonds is 3. The number of aliphatic hydroxyl groups is 1. The van der Waals surface area contributed by atoms with Crippen LogP contribution in [0, 0.1) is 28.6 Å². The van der Waals surface area contributed by atoms with E-state index >= 15 is 0 Å². The van der Waals surface area contributed by atoms with Crippen LogP contribution in [-0.2, 0) is 28.4 Å². The Morgan fingerprint density at radius 1 is 1.12 bits per heavy atom. The fourth-order valence-electron chi connectivity index (χ4n) is 9.24. The molecular weight excluding hydrogens is 436 g/mol. The molecule has 4 heterocycles. The molecule has 7 heteroatoms. The molecule has 7 rings (SSSR count). The predicted octanol–water partition coefficient (Wildman–Crippen LogP) is 3.53. The molecule has 2 saturated carbocycles. The largest absolute Gasteiger partial charge is 0.388 e. The van der Waals surface area contributed by atoms with E-state index in [1.54, 1.807) is 12.7 Å². The molecule has 0 radical (unpaired) electrons. The minimum Gasteiger partial charge on any atom is -0.388 e. The lowest BCUT2D eigenvalue weighted by Crippen LogP contribution is -2.59. The Morgan fingerprint density at radius 3 is 2.76 bits per heavy atom. The Kier molecular flexibility index (Phi) is 4.99. The number of hydrogen-bond acceptors (Lipinski definition) is 7. The van der Waals surface area contributed by atoms with Crippen molar-refractivity contribution in [1.29, 1.82) is 0 Å². The van der Waals surface area contributed by atoms with Crippen LogP contribution in [0.25, 0.3) is 0 Å². The van der Waals surface area contributed by atoms with Gasteiger partial charge in [0.25, 0.3) is 0 Å². The Labute approximate surface area is 202 Å². The molecule has 0 aromatic rings. The molecule has 0 aromatic carbocycles. The van der Waals surface area contributed by atoms with Crippen LogP contribution in [0.5, 0.6) is 0 Å². The van der Waals surface area contributed by atoms with E-state index in [1.165, 1.54) is 6.42 Å². The molecule has 7 aliphatic rings. The summed E-state index contributed by atoms with van der Waals surface area (Å²) in [5, 5.41) is 10.3. The lowest BCUT2D eigenvalue weighted by Gasteiger charge is -2.59. The van der Waals surface area contributed by atoms with Crippen molar-refractivity contribution in [2.45, 2.75) is 115 Å². The predicted molar refractivity (Wildman–Crippen MR) is 122 cm³/mol. The van der Waals surface area contributed by atoms with Gasteiger partial charge in [0, 0.05) is 30.8 Å². The van der Waals surface area contributed by atoms with E-state index in [-0.39, 0.29) is 47.8 Å². The van der Waals surface area contributed by atoms with Gasteiger partial charge in [-0.3, -0.25) is 0 Å². The summed E-state index contributed by atoms with van der Waals surface area (Å²) in [5.41, 5.74) is 1.78. The van der Waals surface area contributed by atoms with Gasteiger partial charge in [-0.05, 0) is 56.8 Å². The van der Waals surface area contributed by atoms with Crippen molar-refractivity contribution in [2.24, 2.45) is 28.6 Å². The van der Waals surface area contributed by atoms with Crippen molar-refractivity contribution in [2.75, 3.05) is 13.7 Å². The maximum atomic E-state index is 10.3. The first-order chi connectivity index (χ1) is 16.3. The number of fused-ring (bicyclic) bond motifs is 3. The number of methoxy groups -OCH3 is 1. The Bertz CT molecular complexity index is 861. The first-order valence-corrected chi connectivity index (χ1v) is 13.5. The lowest BCUT2D eigenvalue weighted by atomic mass is 9.48. The third-order valence-electron chi connectivity index (χ3n) is 11.1. The molecule has 0 amide bonds. The molecule has 0 spiro atoms. The first kappa shape index (κ1) is 22.6. The molecule has 13 atom stereocenters. The molecule has 0 aromatic heterocycles. The van der Waals surface area contributed by atoms with Crippen LogP contribution < -0.4 is 0 Å². The van der Waals surface area contributed by atoms with E-state index in [2.05, 4.69) is 19.9 Å². The highest BCUT2D eigenvalue weighted by Gasteiger charge is 2.79. The van der Waals surface area contributed by atoms with Gasteiger partial charge in [-0.25, -0.2) is 0 Å². The Morgan fingerprint density at radius 2 is 1.97 bits per heavy atom. The SMILES string of the molecule is CO[C@H]1C[C@H](O[C@H]2CC[C@@]3(C)C(=CC[C@@H]4[C@@H]3CC[C@]3(C)[C@@H]5[C@H]6OC[C@@H]5O[C@@]43O6)C2)O[C@H](C)[C@H]1O. The standard InChI is InChI=1S/C27H40O7/c1-14-23(28)19(29-4)12-21(31-14)32-16-7-9-25(2)15(11-16)5-6-18-17(25)8-10-26(3)22-20-13-30-24(22)34-27(18,26)33-20/h5,14,16-24,28H,6-13H2,1-4H3/t14-,16+,17+,18-,19+,20+,21+,22+,23-,24+,25+,26-,27-/m1/s1. The van der Waals surface area contributed by atoms with Crippen LogP contribution in [0.2, 0.25) is 0 Å². The molecular formula is C27H40O7. The normalized spacial score (nSPS) is 59.9. The second-order valence-electron chi connectivity index (χ2n) is 12.5. The highest BCUT2D eigenvalue weighted by Crippen LogP contribution is 2.73. The number of allylic oxidation sites excluding steroid dienone is 1. The van der Waals surface area contributed by atoms with E-state index in [4.69, 9.17) is 28.4 Å². The van der Waals surface area contributed by atoms with E-state index < -0.39 is 11.9 Å². The van der Waals surface area contributed by atoms with Crippen molar-refractivity contribution >= 4 is 0 Å². The molecule has 1 N–H and O–H groups in total. The smallest absolute Gasteiger partial charge is 0.181 e. The molecule has 190 valence electrons. The molecule has 0 unspecified atom stereocenters. The van der Waals surface area contributed by atoms with Gasteiger partial charge in [0.1, 0.15) is 6.10 Å². The molecule has 4 aliphatic heterocycles. The van der Waals surface area contributed by atoms with E-state index in [9.17, 15) is 5.11 Å². The maximum absolute atomic E-state index is 10.3. The second kappa shape index (κ2) is 7.50. The van der Waals surface area contributed by atoms with E-state index in [0.717, 1.165) is 32.1 Å². The Hall–Kier alpha value is -0.540. The summed E-state index contributed by atoms with van der Waals surface area (Å²) < 4.78 is 37.3. The summed E-state index contributed by atoms with van der Waals surface area (Å²) in [7, 11) is 1.65. The quantitative estimate of drug-likeness (QED) is 0.625. The first-order valence-electron chi connectivity index (χ1n) is 13.5. The van der Waals surface area contributed by atoms with E-state index in [1.807, 2.05) is 6.92 Å². The monoisotopic (exact) mass is 476 g/mol. The number of ether oxygens (including phenoxy) is 6. The van der Waals surface area contributed by atoms with Crippen molar-refractivity contribution in [3.63, 3.8) is 0 Å². The third-order valence-corrected chi connectivity index (χ3v) is 11.1. The summed E-state index contributed by atoms with van der Waals surface area (Å²) in [6.45, 7) is 7.46. The fraction of sp³-hybridized carbons (Fsp3) is 0.926. The van der Waals surface area contributed by atoms with Gasteiger partial charge >= 0.3 is 0 Å². The average Bonchev–Trinajstić information content (AvgIpc) is 3.35. The number of aliphatic hydroxyl groups excluding tert-OH is 1. The molecule has 2 bridgehead atoms. The highest BCUT2D eigenvalue weighted by molar-refractivity contribution is 5.28. The second-order valence-corrected chi connectivity index (χ2v) is 12.5. The minimum absolute atomic E-state index is 0.0689. The summed E-state index contributed by atoms with van der Waals surface area (Å²) in [6, 6.07) is 0. The Balaban J connectivity index is 1.10. The van der Waals surface area contributed by atoms with Crippen molar-refractivity contribution < 1.29 is 33.5 Å². The van der Waals surface area contributed by atoms with Gasteiger partial charge in [0.15, 0.2) is 18.4 Å². The van der Waals surface area contributed by atoms with Gasteiger partial charge in [-0.1, -0.05) is 25.5 Å². The van der Waals surface area contributed by atoms with Crippen LogP contribution in [0.4, 0.5) is 0 Å². The summed E-state index contributed by atoms with van der Waals surface area (Å²) >= 11 is 0. The van der Waals surface area contributed by atoms with Gasteiger partial charge < -0.3 is 33.5 Å². The summed E-state index contributed by atoms with van der Waals surface area (Å²) in [5.74, 6) is 0.871. The van der Waals surface area contributed by atoms with Crippen LogP contribution in [-0.4, -0.2) is 67.7 Å². The number of hydrogen-bond donors (Lipinski definition) is 1. The summed E-state index contributed by atoms with van der Waals surface area (Å²) in [6.07, 6.45) is 8.38. The zero-order chi connectivity index (χ0) is 23.5. The average molecular weight is 477 g/mol. The van der Waals surface area contributed by atoms with Gasteiger partial charge in [-0.2, -0.15) is 0 Å². The summed E-state index contributed by atoms with van der Waals surface area (Å²) in [4.78, 5) is 0. The molecule has 34 heavy (non-hydrogen) atoms. The molecule has 6 fully saturated rings. The zero-order valence-electron chi connectivity index (χ0n) is 20.9. The van der Waals surface area contributed by atoms with E-state index in [0.29, 0.717) is 30.8 Å². The zero-order valence-corrected chi connectivity index (χ0v) is 20.9. The molecule has 7 nitrogen and oxygen atoms in total. The third kappa shape index (κ3) is 2.78. The van der Waals surface area contributed by atoms with Crippen LogP contribution in [0.3, 0.4) is 0 Å². The lowest BCUT2D eigenvalue weighted by molar-refractivity contribution is -0.331. The van der Waals surface area contributed by atoms with Crippen molar-refractivity contribution in [1.82, 2.24) is 0 Å². The highest BCUT2D eigenvalue weighted by atomic mass is 16.8. The minimum atomic E-state index is -0.607. The van der Waals surface area contributed by atoms with Crippen LogP contribution in [0.1, 0.15) is 65.7 Å². The topological polar surface area (TPSA) is 75.6 Å². The molecule has 3 aliphatic carbocycles. The molecule has 4 saturated heterocycles. The van der Waals surface area contributed by atoms with Crippen LogP contribution >= 0.6 is 0 Å².